The van der Waals surface area contributed by atoms with E-state index in [1.165, 1.54) is 0 Å². The Hall–Kier alpha value is -2.15. The lowest BCUT2D eigenvalue weighted by Gasteiger charge is -2.25. The molecule has 3 heterocycles. The monoisotopic (exact) mass is 449 g/mol. The Morgan fingerprint density at radius 2 is 1.97 bits per heavy atom. The van der Waals surface area contributed by atoms with Gasteiger partial charge >= 0.3 is 0 Å². The maximum atomic E-state index is 13.5. The average Bonchev–Trinajstić information content (AvgIpc) is 3.34. The van der Waals surface area contributed by atoms with E-state index in [1.807, 2.05) is 53.0 Å². The minimum absolute atomic E-state index is 0. The van der Waals surface area contributed by atoms with Crippen LogP contribution in [0.25, 0.3) is 22.3 Å². The van der Waals surface area contributed by atoms with Gasteiger partial charge in [0.2, 0.25) is 0 Å². The number of pyridine rings is 1. The zero-order valence-corrected chi connectivity index (χ0v) is 19.2. The molecule has 1 N–H and O–H groups in total. The highest BCUT2D eigenvalue weighted by atomic mass is 35.5. The number of hydrogen-bond acceptors (Lipinski definition) is 4. The second-order valence-corrected chi connectivity index (χ2v) is 7.69. The molecule has 1 saturated heterocycles. The summed E-state index contributed by atoms with van der Waals surface area (Å²) in [6.45, 7) is 5.77. The topological polar surface area (TPSA) is 63.1 Å². The van der Waals surface area contributed by atoms with E-state index >= 15 is 0 Å². The average molecular weight is 450 g/mol. The predicted octanol–water partition coefficient (Wildman–Crippen LogP) is 4.35. The number of carbonyl (C=O) groups is 1. The molecule has 0 radical (unpaired) electrons. The van der Waals surface area contributed by atoms with Gasteiger partial charge in [0.15, 0.2) is 5.65 Å². The number of nitrogens with one attached hydrogen (secondary N) is 1. The first kappa shape index (κ1) is 24.1. The minimum atomic E-state index is 0. The van der Waals surface area contributed by atoms with Crippen molar-refractivity contribution >= 4 is 41.8 Å². The second-order valence-electron chi connectivity index (χ2n) is 7.69. The summed E-state index contributed by atoms with van der Waals surface area (Å²) in [5, 5.41) is 8.57. The number of carbonyl (C=O) groups excluding carboxylic acids is 1. The van der Waals surface area contributed by atoms with Crippen molar-refractivity contribution in [1.29, 1.82) is 0 Å². The number of likely N-dealkylation sites (tertiary alicyclic amines) is 1. The third kappa shape index (κ3) is 4.46. The van der Waals surface area contributed by atoms with Gasteiger partial charge in [0.25, 0.3) is 5.91 Å². The Labute approximate surface area is 189 Å². The van der Waals surface area contributed by atoms with Crippen molar-refractivity contribution in [2.45, 2.75) is 38.8 Å². The Bertz CT molecular complexity index is 990. The molecule has 4 rings (SSSR count). The van der Waals surface area contributed by atoms with Gasteiger partial charge in [-0.1, -0.05) is 30.3 Å². The largest absolute Gasteiger partial charge is 0.334 e. The molecule has 1 aromatic carbocycles. The molecule has 2 aromatic heterocycles. The van der Waals surface area contributed by atoms with Crippen LogP contribution in [0, 0.1) is 0 Å². The third-order valence-corrected chi connectivity index (χ3v) is 5.43. The summed E-state index contributed by atoms with van der Waals surface area (Å²) in [4.78, 5) is 20.4. The first-order valence-corrected chi connectivity index (χ1v) is 9.99. The maximum absolute atomic E-state index is 13.5. The van der Waals surface area contributed by atoms with E-state index in [9.17, 15) is 4.79 Å². The first-order chi connectivity index (χ1) is 13.6. The van der Waals surface area contributed by atoms with Crippen LogP contribution < -0.4 is 5.32 Å². The predicted molar refractivity (Wildman–Crippen MR) is 126 cm³/mol. The van der Waals surface area contributed by atoms with E-state index in [1.54, 1.807) is 6.20 Å². The molecular formula is C22H29Cl2N5O. The summed E-state index contributed by atoms with van der Waals surface area (Å²) in [6.07, 6.45) is 3.87. The highest BCUT2D eigenvalue weighted by Crippen LogP contribution is 2.29. The summed E-state index contributed by atoms with van der Waals surface area (Å²) in [5.74, 6) is 0.0747. The number of halogens is 2. The van der Waals surface area contributed by atoms with Crippen LogP contribution >= 0.6 is 24.8 Å². The number of aromatic nitrogens is 3. The molecule has 6 nitrogen and oxygen atoms in total. The third-order valence-electron chi connectivity index (χ3n) is 5.43. The molecule has 0 saturated carbocycles. The van der Waals surface area contributed by atoms with Gasteiger partial charge in [-0.25, -0.2) is 9.67 Å². The standard InChI is InChI=1S/C22H27N5O.2ClH/c1-15(2)27-21-19(14-24-27)18(12-20(25-21)16-8-5-4-6-9-16)22(28)26-11-7-10-17(26)13-23-3;;/h4-6,8-9,12,14-15,17,23H,7,10-11,13H2,1-3H3;2*1H. The molecule has 1 aliphatic rings. The molecule has 1 aliphatic heterocycles. The number of benzene rings is 1. The molecule has 0 spiro atoms. The number of nitrogens with zero attached hydrogens (tertiary/aromatic N) is 4. The molecule has 1 fully saturated rings. The SMILES string of the molecule is CNCC1CCCN1C(=O)c1cc(-c2ccccc2)nc2c1cnn2C(C)C.Cl.Cl. The number of amides is 1. The van der Waals surface area contributed by atoms with E-state index < -0.39 is 0 Å². The molecule has 3 aromatic rings. The molecule has 30 heavy (non-hydrogen) atoms. The van der Waals surface area contributed by atoms with Crippen molar-refractivity contribution in [3.8, 4) is 11.3 Å². The zero-order chi connectivity index (χ0) is 19.7. The Balaban J connectivity index is 0.00000160. The maximum Gasteiger partial charge on any atom is 0.255 e. The van der Waals surface area contributed by atoms with Crippen LogP contribution in [0.1, 0.15) is 43.1 Å². The quantitative estimate of drug-likeness (QED) is 0.628. The Morgan fingerprint density at radius 1 is 1.23 bits per heavy atom. The zero-order valence-electron chi connectivity index (χ0n) is 17.5. The van der Waals surface area contributed by atoms with E-state index in [0.29, 0.717) is 5.56 Å². The van der Waals surface area contributed by atoms with Crippen molar-refractivity contribution in [1.82, 2.24) is 25.0 Å². The van der Waals surface area contributed by atoms with Gasteiger partial charge in [-0.05, 0) is 39.8 Å². The van der Waals surface area contributed by atoms with E-state index in [-0.39, 0.29) is 42.8 Å². The van der Waals surface area contributed by atoms with Crippen LogP contribution in [0.5, 0.6) is 0 Å². The molecule has 1 unspecified atom stereocenters. The molecule has 0 bridgehead atoms. The van der Waals surface area contributed by atoms with Crippen molar-refractivity contribution < 1.29 is 4.79 Å². The van der Waals surface area contributed by atoms with Gasteiger partial charge in [0.1, 0.15) is 0 Å². The van der Waals surface area contributed by atoms with E-state index in [2.05, 4.69) is 24.3 Å². The first-order valence-electron chi connectivity index (χ1n) is 9.99. The van der Waals surface area contributed by atoms with Crippen LogP contribution in [-0.2, 0) is 0 Å². The fourth-order valence-corrected chi connectivity index (χ4v) is 4.04. The van der Waals surface area contributed by atoms with Crippen LogP contribution in [0.15, 0.2) is 42.6 Å². The van der Waals surface area contributed by atoms with Crippen LogP contribution in [0.2, 0.25) is 0 Å². The normalized spacial score (nSPS) is 15.9. The fraction of sp³-hybridized carbons (Fsp3) is 0.409. The molecule has 8 heteroatoms. The van der Waals surface area contributed by atoms with Crippen LogP contribution in [0.3, 0.4) is 0 Å². The number of fused-ring (bicyclic) bond motifs is 1. The summed E-state index contributed by atoms with van der Waals surface area (Å²) >= 11 is 0. The number of likely N-dealkylation sites (N-methyl/N-ethyl adjacent to an activating group) is 1. The van der Waals surface area contributed by atoms with E-state index in [4.69, 9.17) is 4.98 Å². The molecule has 162 valence electrons. The second kappa shape index (κ2) is 10.2. The lowest BCUT2D eigenvalue weighted by molar-refractivity contribution is 0.0739. The fourth-order valence-electron chi connectivity index (χ4n) is 4.04. The highest BCUT2D eigenvalue weighted by molar-refractivity contribution is 6.06. The number of rotatable bonds is 5. The summed E-state index contributed by atoms with van der Waals surface area (Å²) < 4.78 is 1.90. The van der Waals surface area contributed by atoms with Gasteiger partial charge < -0.3 is 10.2 Å². The Kier molecular flexibility index (Phi) is 8.24. The van der Waals surface area contributed by atoms with Gasteiger partial charge in [0, 0.05) is 30.7 Å². The summed E-state index contributed by atoms with van der Waals surface area (Å²) in [6, 6.07) is 12.4. The lowest BCUT2D eigenvalue weighted by atomic mass is 10.1. The van der Waals surface area contributed by atoms with Crippen molar-refractivity contribution in [2.75, 3.05) is 20.1 Å². The van der Waals surface area contributed by atoms with Gasteiger partial charge in [-0.3, -0.25) is 4.79 Å². The molecule has 1 atom stereocenters. The molecular weight excluding hydrogens is 421 g/mol. The molecule has 0 aliphatic carbocycles. The van der Waals surface area contributed by atoms with Crippen LogP contribution in [-0.4, -0.2) is 51.8 Å². The Morgan fingerprint density at radius 3 is 2.63 bits per heavy atom. The van der Waals surface area contributed by atoms with Crippen molar-refractivity contribution in [2.24, 2.45) is 0 Å². The smallest absolute Gasteiger partial charge is 0.255 e. The van der Waals surface area contributed by atoms with E-state index in [0.717, 1.165) is 48.2 Å². The van der Waals surface area contributed by atoms with Crippen molar-refractivity contribution in [3.05, 3.63) is 48.2 Å². The van der Waals surface area contributed by atoms with Gasteiger partial charge in [0.05, 0.1) is 22.8 Å². The number of hydrogen-bond donors (Lipinski definition) is 1. The molecule has 1 amide bonds. The summed E-state index contributed by atoms with van der Waals surface area (Å²) in [7, 11) is 1.94. The van der Waals surface area contributed by atoms with Gasteiger partial charge in [-0.15, -0.1) is 24.8 Å². The lowest BCUT2D eigenvalue weighted by Crippen LogP contribution is -2.40. The summed E-state index contributed by atoms with van der Waals surface area (Å²) in [5.41, 5.74) is 3.27. The van der Waals surface area contributed by atoms with Gasteiger partial charge in [-0.2, -0.15) is 5.10 Å². The minimum Gasteiger partial charge on any atom is -0.334 e. The van der Waals surface area contributed by atoms with Crippen LogP contribution in [0.4, 0.5) is 0 Å². The highest BCUT2D eigenvalue weighted by Gasteiger charge is 2.30. The van der Waals surface area contributed by atoms with Crippen molar-refractivity contribution in [3.63, 3.8) is 0 Å².